The molecule has 2 fully saturated rings. The van der Waals surface area contributed by atoms with Crippen molar-refractivity contribution >= 4 is 20.4 Å². The maximum absolute atomic E-state index is 13.5. The smallest absolute Gasteiger partial charge is 0.142 e. The second-order valence-corrected chi connectivity index (χ2v) is 13.2. The average molecular weight is 409 g/mol. The molecule has 2 aliphatic rings. The van der Waals surface area contributed by atoms with Gasteiger partial charge in [-0.3, -0.25) is 0 Å². The second kappa shape index (κ2) is 11.0. The maximum Gasteiger partial charge on any atom is 0.142 e. The summed E-state index contributed by atoms with van der Waals surface area (Å²) in [5.74, 6) is 2.80. The molecule has 0 radical (unpaired) electrons. The van der Waals surface area contributed by atoms with Crippen molar-refractivity contribution in [1.29, 1.82) is 0 Å². The maximum atomic E-state index is 13.5. The topological polar surface area (TPSA) is 0 Å². The van der Waals surface area contributed by atoms with E-state index in [1.807, 2.05) is 6.07 Å². The van der Waals surface area contributed by atoms with E-state index in [0.717, 1.165) is 29.7 Å². The molecule has 1 saturated heterocycles. The van der Waals surface area contributed by atoms with Gasteiger partial charge in [-0.25, -0.2) is 4.39 Å². The monoisotopic (exact) mass is 408 g/mol. The van der Waals surface area contributed by atoms with Gasteiger partial charge in [0.1, 0.15) is 5.82 Å². The van der Waals surface area contributed by atoms with E-state index in [2.05, 4.69) is 6.92 Å². The van der Waals surface area contributed by atoms with Gasteiger partial charge in [0.2, 0.25) is 0 Å². The van der Waals surface area contributed by atoms with E-state index in [-0.39, 0.29) is 19.6 Å². The van der Waals surface area contributed by atoms with Crippen LogP contribution < -0.4 is 0 Å². The second-order valence-electron chi connectivity index (χ2n) is 9.34. The SMILES string of the molecule is CCC[SiH]1CCC([C@H]2CC[C@H](CCCCc3ccc(Cl)c(F)c3)CC2)CC1. The Balaban J connectivity index is 1.29. The molecule has 1 aromatic carbocycles. The molecule has 0 amide bonds. The number of aryl methyl sites for hydroxylation is 1. The molecule has 1 saturated carbocycles. The first-order chi connectivity index (χ1) is 13.2. The number of halogens is 2. The van der Waals surface area contributed by atoms with Gasteiger partial charge in [-0.05, 0) is 61.1 Å². The normalized spacial score (nSPS) is 29.0. The zero-order chi connectivity index (χ0) is 19.1. The lowest BCUT2D eigenvalue weighted by Crippen LogP contribution is -2.28. The predicted octanol–water partition coefficient (Wildman–Crippen LogP) is 8.05. The van der Waals surface area contributed by atoms with E-state index >= 15 is 0 Å². The fraction of sp³-hybridized carbons (Fsp3) is 0.750. The lowest BCUT2D eigenvalue weighted by molar-refractivity contribution is 0.184. The highest BCUT2D eigenvalue weighted by molar-refractivity contribution is 6.58. The van der Waals surface area contributed by atoms with Gasteiger partial charge in [0.15, 0.2) is 0 Å². The molecule has 152 valence electrons. The molecule has 0 N–H and O–H groups in total. The molecule has 0 spiro atoms. The van der Waals surface area contributed by atoms with E-state index in [1.54, 1.807) is 43.1 Å². The van der Waals surface area contributed by atoms with Crippen molar-refractivity contribution in [3.63, 3.8) is 0 Å². The van der Waals surface area contributed by atoms with Crippen LogP contribution in [0.3, 0.4) is 0 Å². The summed E-state index contributed by atoms with van der Waals surface area (Å²) in [6, 6.07) is 10.1. The molecular formula is C24H38ClFSi. The van der Waals surface area contributed by atoms with Gasteiger partial charge in [-0.15, -0.1) is 0 Å². The lowest BCUT2D eigenvalue weighted by Gasteiger charge is -2.37. The van der Waals surface area contributed by atoms with Crippen LogP contribution in [0.4, 0.5) is 4.39 Å². The molecule has 3 rings (SSSR count). The van der Waals surface area contributed by atoms with E-state index in [4.69, 9.17) is 11.6 Å². The Labute approximate surface area is 172 Å². The standard InChI is InChI=1S/C24H38ClFSi/c1-2-15-27-16-13-22(14-17-27)21-10-7-19(8-11-21)5-3-4-6-20-9-12-23(25)24(26)18-20/h9,12,18-19,21-22,27H,2-8,10-11,13-17H2,1H3/t19-,21-,22?,27?. The van der Waals surface area contributed by atoms with Crippen LogP contribution in [0.15, 0.2) is 18.2 Å². The van der Waals surface area contributed by atoms with Crippen LogP contribution in [0.5, 0.6) is 0 Å². The minimum Gasteiger partial charge on any atom is -0.205 e. The summed E-state index contributed by atoms with van der Waals surface area (Å²) in [4.78, 5) is 0. The van der Waals surface area contributed by atoms with E-state index in [9.17, 15) is 4.39 Å². The molecule has 27 heavy (non-hydrogen) atoms. The fourth-order valence-electron chi connectivity index (χ4n) is 5.76. The molecule has 0 unspecified atom stereocenters. The van der Waals surface area contributed by atoms with Crippen LogP contribution in [-0.2, 0) is 6.42 Å². The Kier molecular flexibility index (Phi) is 8.71. The zero-order valence-corrected chi connectivity index (χ0v) is 19.1. The summed E-state index contributed by atoms with van der Waals surface area (Å²) in [5.41, 5.74) is 1.09. The molecular weight excluding hydrogens is 371 g/mol. The van der Waals surface area contributed by atoms with Crippen LogP contribution in [0.1, 0.15) is 76.7 Å². The Hall–Kier alpha value is -0.343. The Morgan fingerprint density at radius 3 is 2.37 bits per heavy atom. The number of benzene rings is 1. The molecule has 0 bridgehead atoms. The molecule has 0 atom stereocenters. The highest BCUT2D eigenvalue weighted by Gasteiger charge is 2.30. The summed E-state index contributed by atoms with van der Waals surface area (Å²) in [7, 11) is -0.314. The first-order valence-corrected chi connectivity index (χ1v) is 14.4. The first-order valence-electron chi connectivity index (χ1n) is 11.6. The molecule has 3 heteroatoms. The van der Waals surface area contributed by atoms with Crippen LogP contribution in [0.25, 0.3) is 0 Å². The molecule has 1 heterocycles. The van der Waals surface area contributed by atoms with Crippen molar-refractivity contribution in [2.75, 3.05) is 0 Å². The Morgan fingerprint density at radius 2 is 1.70 bits per heavy atom. The van der Waals surface area contributed by atoms with Crippen LogP contribution in [0, 0.1) is 23.6 Å². The number of hydrogen-bond donors (Lipinski definition) is 0. The van der Waals surface area contributed by atoms with Gasteiger partial charge in [0, 0.05) is 8.80 Å². The minimum absolute atomic E-state index is 0.233. The molecule has 1 aromatic rings. The molecule has 0 nitrogen and oxygen atoms in total. The van der Waals surface area contributed by atoms with Crippen molar-refractivity contribution in [1.82, 2.24) is 0 Å². The Morgan fingerprint density at radius 1 is 1.00 bits per heavy atom. The van der Waals surface area contributed by atoms with Gasteiger partial charge >= 0.3 is 0 Å². The molecule has 0 aromatic heterocycles. The summed E-state index contributed by atoms with van der Waals surface area (Å²) in [5, 5.41) is 0.233. The van der Waals surface area contributed by atoms with Gasteiger partial charge in [-0.1, -0.05) is 87.7 Å². The summed E-state index contributed by atoms with van der Waals surface area (Å²) in [6.45, 7) is 2.37. The molecule has 1 aliphatic carbocycles. The summed E-state index contributed by atoms with van der Waals surface area (Å²) in [6.07, 6.45) is 15.3. The number of rotatable bonds is 8. The number of unbranched alkanes of at least 4 members (excludes halogenated alkanes) is 1. The third-order valence-electron chi connectivity index (χ3n) is 7.46. The fourth-order valence-corrected chi connectivity index (χ4v) is 9.36. The number of hydrogen-bond acceptors (Lipinski definition) is 0. The largest absolute Gasteiger partial charge is 0.205 e. The van der Waals surface area contributed by atoms with Crippen molar-refractivity contribution < 1.29 is 4.39 Å². The van der Waals surface area contributed by atoms with Crippen LogP contribution in [-0.4, -0.2) is 8.80 Å². The minimum atomic E-state index is -0.314. The van der Waals surface area contributed by atoms with E-state index < -0.39 is 0 Å². The third kappa shape index (κ3) is 6.60. The van der Waals surface area contributed by atoms with Crippen molar-refractivity contribution in [3.8, 4) is 0 Å². The lowest BCUT2D eigenvalue weighted by atomic mass is 9.73. The third-order valence-corrected chi connectivity index (χ3v) is 11.5. The summed E-state index contributed by atoms with van der Waals surface area (Å²) >= 11 is 5.76. The van der Waals surface area contributed by atoms with Crippen LogP contribution in [0.2, 0.25) is 23.2 Å². The summed E-state index contributed by atoms with van der Waals surface area (Å²) < 4.78 is 13.5. The highest BCUT2D eigenvalue weighted by Crippen LogP contribution is 2.42. The van der Waals surface area contributed by atoms with Gasteiger partial charge in [0.05, 0.1) is 5.02 Å². The van der Waals surface area contributed by atoms with E-state index in [1.165, 1.54) is 51.4 Å². The average Bonchev–Trinajstić information content (AvgIpc) is 2.69. The van der Waals surface area contributed by atoms with E-state index in [0.29, 0.717) is 0 Å². The molecule has 1 aliphatic heterocycles. The first kappa shape index (κ1) is 21.4. The Bertz CT molecular complexity index is 559. The van der Waals surface area contributed by atoms with Crippen molar-refractivity contribution in [2.24, 2.45) is 17.8 Å². The quantitative estimate of drug-likeness (QED) is 0.301. The van der Waals surface area contributed by atoms with Crippen LogP contribution >= 0.6 is 11.6 Å². The van der Waals surface area contributed by atoms with Gasteiger partial charge in [-0.2, -0.15) is 0 Å². The zero-order valence-electron chi connectivity index (χ0n) is 17.2. The van der Waals surface area contributed by atoms with Gasteiger partial charge in [0.25, 0.3) is 0 Å². The van der Waals surface area contributed by atoms with Crippen molar-refractivity contribution in [2.45, 2.75) is 95.7 Å². The van der Waals surface area contributed by atoms with Crippen molar-refractivity contribution in [3.05, 3.63) is 34.6 Å². The highest BCUT2D eigenvalue weighted by atomic mass is 35.5. The van der Waals surface area contributed by atoms with Gasteiger partial charge < -0.3 is 0 Å². The predicted molar refractivity (Wildman–Crippen MR) is 119 cm³/mol.